The van der Waals surface area contributed by atoms with Gasteiger partial charge in [-0.05, 0) is 37.7 Å². The van der Waals surface area contributed by atoms with Gasteiger partial charge in [-0.25, -0.2) is 0 Å². The van der Waals surface area contributed by atoms with Crippen molar-refractivity contribution in [2.24, 2.45) is 7.05 Å². The van der Waals surface area contributed by atoms with Crippen molar-refractivity contribution in [3.05, 3.63) is 35.1 Å². The fraction of sp³-hybridized carbons (Fsp3) is 0.526. The molecule has 1 aliphatic rings. The third kappa shape index (κ3) is 5.18. The van der Waals surface area contributed by atoms with E-state index in [0.717, 1.165) is 38.5 Å². The van der Waals surface area contributed by atoms with Gasteiger partial charge < -0.3 is 19.1 Å². The van der Waals surface area contributed by atoms with E-state index in [1.165, 1.54) is 11.8 Å². The van der Waals surface area contributed by atoms with Gasteiger partial charge in [0.05, 0.1) is 5.25 Å². The summed E-state index contributed by atoms with van der Waals surface area (Å²) in [4.78, 5) is 17.1. The number of hydrogen-bond acceptors (Lipinski definition) is 6. The minimum Gasteiger partial charge on any atom is -0.486 e. The zero-order chi connectivity index (χ0) is 20.1. The first-order chi connectivity index (χ1) is 13.5. The van der Waals surface area contributed by atoms with Crippen LogP contribution in [0.2, 0.25) is 5.02 Å². The quantitative estimate of drug-likeness (QED) is 0.638. The lowest BCUT2D eigenvalue weighted by molar-refractivity contribution is -0.132. The number of halogens is 1. The van der Waals surface area contributed by atoms with Gasteiger partial charge in [0, 0.05) is 38.2 Å². The molecular weight excluding hydrogens is 398 g/mol. The number of aromatic nitrogens is 3. The summed E-state index contributed by atoms with van der Waals surface area (Å²) in [6, 6.07) is 7.19. The van der Waals surface area contributed by atoms with Crippen molar-refractivity contribution in [3.8, 4) is 5.75 Å². The lowest BCUT2D eigenvalue weighted by Gasteiger charge is -2.35. The van der Waals surface area contributed by atoms with Crippen LogP contribution in [0.15, 0.2) is 29.4 Å². The predicted molar refractivity (Wildman–Crippen MR) is 111 cm³/mol. The normalized spacial score (nSPS) is 16.2. The Morgan fingerprint density at radius 2 is 1.89 bits per heavy atom. The standard InChI is InChI=1S/C19H26ClN5O2S/c1-4-24-9-11-25(12-10-24)18(26)14(2)28-19-22-21-17(23(19)3)13-27-16-7-5-15(20)6-8-16/h5-8,14H,4,9-13H2,1-3H3/t14-/m1/s1. The molecule has 0 spiro atoms. The number of carbonyl (C=O) groups excluding carboxylic acids is 1. The zero-order valence-corrected chi connectivity index (χ0v) is 18.0. The van der Waals surface area contributed by atoms with Gasteiger partial charge in [0.2, 0.25) is 5.91 Å². The van der Waals surface area contributed by atoms with Gasteiger partial charge in [-0.2, -0.15) is 0 Å². The first-order valence-corrected chi connectivity index (χ1v) is 10.7. The zero-order valence-electron chi connectivity index (χ0n) is 16.5. The van der Waals surface area contributed by atoms with E-state index < -0.39 is 0 Å². The van der Waals surface area contributed by atoms with E-state index >= 15 is 0 Å². The summed E-state index contributed by atoms with van der Waals surface area (Å²) in [6.07, 6.45) is 0. The van der Waals surface area contributed by atoms with Crippen LogP contribution in [0.1, 0.15) is 19.7 Å². The van der Waals surface area contributed by atoms with Crippen molar-refractivity contribution in [3.63, 3.8) is 0 Å². The van der Waals surface area contributed by atoms with E-state index in [9.17, 15) is 4.79 Å². The Hall–Kier alpha value is -1.77. The van der Waals surface area contributed by atoms with Crippen LogP contribution >= 0.6 is 23.4 Å². The summed E-state index contributed by atoms with van der Waals surface area (Å²) in [7, 11) is 1.89. The van der Waals surface area contributed by atoms with Crippen LogP contribution in [0.25, 0.3) is 0 Å². The third-order valence-electron chi connectivity index (χ3n) is 4.87. The number of likely N-dealkylation sites (N-methyl/N-ethyl adjacent to an activating group) is 1. The Morgan fingerprint density at radius 1 is 1.21 bits per heavy atom. The van der Waals surface area contributed by atoms with Crippen LogP contribution in [0, 0.1) is 0 Å². The molecule has 0 N–H and O–H groups in total. The molecule has 1 amide bonds. The second-order valence-corrected chi connectivity index (χ2v) is 8.46. The minimum atomic E-state index is -0.207. The number of nitrogens with zero attached hydrogens (tertiary/aromatic N) is 5. The molecule has 1 atom stereocenters. The Bertz CT molecular complexity index is 790. The summed E-state index contributed by atoms with van der Waals surface area (Å²) in [5, 5.41) is 9.60. The lowest BCUT2D eigenvalue weighted by atomic mass is 10.3. The molecule has 1 fully saturated rings. The SMILES string of the molecule is CCN1CCN(C(=O)[C@@H](C)Sc2nnc(COc3ccc(Cl)cc3)n2C)CC1. The van der Waals surface area contributed by atoms with Gasteiger partial charge >= 0.3 is 0 Å². The van der Waals surface area contributed by atoms with Crippen LogP contribution in [-0.2, 0) is 18.4 Å². The number of rotatable bonds is 7. The molecule has 0 aliphatic carbocycles. The highest BCUT2D eigenvalue weighted by Gasteiger charge is 2.26. The van der Waals surface area contributed by atoms with Crippen molar-refractivity contribution < 1.29 is 9.53 Å². The molecule has 152 valence electrons. The first-order valence-electron chi connectivity index (χ1n) is 9.42. The molecule has 9 heteroatoms. The Labute approximate surface area is 175 Å². The molecule has 1 aliphatic heterocycles. The maximum atomic E-state index is 12.7. The largest absolute Gasteiger partial charge is 0.486 e. The molecule has 0 radical (unpaired) electrons. The van der Waals surface area contributed by atoms with Gasteiger partial charge in [0.25, 0.3) is 0 Å². The summed E-state index contributed by atoms with van der Waals surface area (Å²) in [6.45, 7) is 8.87. The van der Waals surface area contributed by atoms with E-state index in [1.54, 1.807) is 12.1 Å². The summed E-state index contributed by atoms with van der Waals surface area (Å²) in [5.74, 6) is 1.58. The van der Waals surface area contributed by atoms with Crippen molar-refractivity contribution in [2.45, 2.75) is 30.9 Å². The summed E-state index contributed by atoms with van der Waals surface area (Å²) >= 11 is 7.32. The maximum absolute atomic E-state index is 12.7. The number of carbonyl (C=O) groups is 1. The highest BCUT2D eigenvalue weighted by atomic mass is 35.5. The van der Waals surface area contributed by atoms with Crippen LogP contribution in [0.3, 0.4) is 0 Å². The van der Waals surface area contributed by atoms with Crippen molar-refractivity contribution in [1.82, 2.24) is 24.6 Å². The molecule has 7 nitrogen and oxygen atoms in total. The molecule has 1 aromatic heterocycles. The van der Waals surface area contributed by atoms with E-state index in [2.05, 4.69) is 22.0 Å². The third-order valence-corrected chi connectivity index (χ3v) is 6.24. The number of piperazine rings is 1. The number of thioether (sulfide) groups is 1. The van der Waals surface area contributed by atoms with E-state index in [0.29, 0.717) is 22.6 Å². The lowest BCUT2D eigenvalue weighted by Crippen LogP contribution is -2.50. The second kappa shape index (κ2) is 9.62. The molecule has 1 aromatic carbocycles. The summed E-state index contributed by atoms with van der Waals surface area (Å²) in [5.41, 5.74) is 0. The van der Waals surface area contributed by atoms with Crippen molar-refractivity contribution >= 4 is 29.3 Å². The molecule has 2 heterocycles. The number of amides is 1. The fourth-order valence-corrected chi connectivity index (χ4v) is 4.05. The van der Waals surface area contributed by atoms with Crippen LogP contribution in [0.5, 0.6) is 5.75 Å². The van der Waals surface area contributed by atoms with E-state index in [1.807, 2.05) is 35.6 Å². The first kappa shape index (κ1) is 21.0. The molecule has 2 aromatic rings. The molecule has 0 saturated carbocycles. The molecule has 0 bridgehead atoms. The van der Waals surface area contributed by atoms with Gasteiger partial charge in [0.1, 0.15) is 12.4 Å². The Kier molecular flexibility index (Phi) is 7.20. The average Bonchev–Trinajstić information content (AvgIpc) is 3.06. The molecule has 0 unspecified atom stereocenters. The smallest absolute Gasteiger partial charge is 0.235 e. The minimum absolute atomic E-state index is 0.155. The van der Waals surface area contributed by atoms with E-state index in [-0.39, 0.29) is 11.2 Å². The maximum Gasteiger partial charge on any atom is 0.235 e. The molecule has 1 saturated heterocycles. The number of ether oxygens (including phenoxy) is 1. The van der Waals surface area contributed by atoms with Gasteiger partial charge in [-0.3, -0.25) is 4.79 Å². The van der Waals surface area contributed by atoms with Gasteiger partial charge in [-0.1, -0.05) is 30.3 Å². The highest BCUT2D eigenvalue weighted by molar-refractivity contribution is 8.00. The molecular formula is C19H26ClN5O2S. The van der Waals surface area contributed by atoms with Crippen molar-refractivity contribution in [1.29, 1.82) is 0 Å². The number of benzene rings is 1. The average molecular weight is 424 g/mol. The van der Waals surface area contributed by atoms with Gasteiger partial charge in [-0.15, -0.1) is 10.2 Å². The van der Waals surface area contributed by atoms with Gasteiger partial charge in [0.15, 0.2) is 11.0 Å². The fourth-order valence-electron chi connectivity index (χ4n) is 3.00. The van der Waals surface area contributed by atoms with Crippen LogP contribution < -0.4 is 4.74 Å². The van der Waals surface area contributed by atoms with E-state index in [4.69, 9.17) is 16.3 Å². The Morgan fingerprint density at radius 3 is 2.54 bits per heavy atom. The highest BCUT2D eigenvalue weighted by Crippen LogP contribution is 2.24. The second-order valence-electron chi connectivity index (χ2n) is 6.72. The van der Waals surface area contributed by atoms with Crippen molar-refractivity contribution in [2.75, 3.05) is 32.7 Å². The van der Waals surface area contributed by atoms with Crippen LogP contribution in [-0.4, -0.2) is 68.4 Å². The van der Waals surface area contributed by atoms with Crippen LogP contribution in [0.4, 0.5) is 0 Å². The Balaban J connectivity index is 1.54. The topological polar surface area (TPSA) is 63.5 Å². The molecule has 28 heavy (non-hydrogen) atoms. The number of hydrogen-bond donors (Lipinski definition) is 0. The molecule has 3 rings (SSSR count). The predicted octanol–water partition coefficient (Wildman–Crippen LogP) is 2.69. The summed E-state index contributed by atoms with van der Waals surface area (Å²) < 4.78 is 7.61. The monoisotopic (exact) mass is 423 g/mol.